The summed E-state index contributed by atoms with van der Waals surface area (Å²) in [6.07, 6.45) is 41.9. The molecule has 0 aliphatic rings. The van der Waals surface area contributed by atoms with Crippen LogP contribution < -0.4 is 0 Å². The smallest absolute Gasteiger partial charge is 0.462 e. The molecule has 55 heavy (non-hydrogen) atoms. The molecule has 0 fully saturated rings. The summed E-state index contributed by atoms with van der Waals surface area (Å²) in [4.78, 5) is 35.3. The van der Waals surface area contributed by atoms with Crippen LogP contribution in [0.4, 0.5) is 0 Å². The van der Waals surface area contributed by atoms with Crippen molar-refractivity contribution in [3.05, 3.63) is 36.5 Å². The van der Waals surface area contributed by atoms with Gasteiger partial charge in [0.15, 0.2) is 6.10 Å². The first kappa shape index (κ1) is 53.2. The van der Waals surface area contributed by atoms with E-state index in [9.17, 15) is 19.0 Å². The third-order valence-electron chi connectivity index (χ3n) is 9.37. The Hall–Kier alpha value is -1.77. The molecule has 0 aliphatic heterocycles. The number of nitrogens with zero attached hydrogens (tertiary/aromatic N) is 1. The fourth-order valence-corrected chi connectivity index (χ4v) is 6.61. The van der Waals surface area contributed by atoms with E-state index in [0.717, 1.165) is 64.2 Å². The molecular weight excluding hydrogens is 713 g/mol. The van der Waals surface area contributed by atoms with Gasteiger partial charge in [0.2, 0.25) is 0 Å². The second-order valence-corrected chi connectivity index (χ2v) is 17.5. The molecule has 2 atom stereocenters. The normalized spacial score (nSPS) is 13.9. The molecule has 0 rings (SSSR count). The Balaban J connectivity index is 4.34. The van der Waals surface area contributed by atoms with Crippen LogP contribution in [-0.2, 0) is 32.7 Å². The Labute approximate surface area is 338 Å². The van der Waals surface area contributed by atoms with E-state index in [4.69, 9.17) is 18.5 Å². The highest BCUT2D eigenvalue weighted by Crippen LogP contribution is 2.43. The Morgan fingerprint density at radius 3 is 1.53 bits per heavy atom. The number of allylic oxidation sites excluding steroid dienone is 6. The third kappa shape index (κ3) is 41.7. The maximum Gasteiger partial charge on any atom is 0.472 e. The summed E-state index contributed by atoms with van der Waals surface area (Å²) in [6, 6.07) is 0. The molecule has 9 nitrogen and oxygen atoms in total. The van der Waals surface area contributed by atoms with Crippen LogP contribution >= 0.6 is 7.82 Å². The first-order chi connectivity index (χ1) is 26.5. The maximum atomic E-state index is 12.7. The van der Waals surface area contributed by atoms with Crippen molar-refractivity contribution in [1.29, 1.82) is 0 Å². The zero-order chi connectivity index (χ0) is 40.7. The zero-order valence-electron chi connectivity index (χ0n) is 36.2. The van der Waals surface area contributed by atoms with Gasteiger partial charge in [-0.2, -0.15) is 0 Å². The van der Waals surface area contributed by atoms with E-state index in [1.165, 1.54) is 89.9 Å². The average molecular weight is 799 g/mol. The minimum atomic E-state index is -4.38. The lowest BCUT2D eigenvalue weighted by Gasteiger charge is -2.24. The van der Waals surface area contributed by atoms with E-state index in [-0.39, 0.29) is 32.0 Å². The standard InChI is InChI=1S/C45H84NO8P/c1-6-8-10-12-14-16-18-20-21-22-23-24-26-27-29-31-33-35-37-44(47)51-41-43(42-53-55(49,50)52-40-39-46(3,4)5)54-45(48)38-36-34-32-30-28-25-19-17-15-13-11-9-7-2/h11,13,17,19,21-22,43H,6-10,12,14-16,18,20,23-42H2,1-5H3/p+1/b13-11-,19-17-,22-21-. The molecule has 0 radical (unpaired) electrons. The van der Waals surface area contributed by atoms with Gasteiger partial charge in [-0.1, -0.05) is 147 Å². The first-order valence-corrected chi connectivity index (χ1v) is 23.7. The molecule has 0 aromatic heterocycles. The number of likely N-dealkylation sites (N-methyl/N-ethyl adjacent to an activating group) is 1. The molecule has 0 aliphatic carbocycles. The molecule has 0 saturated carbocycles. The lowest BCUT2D eigenvalue weighted by atomic mass is 10.1. The van der Waals surface area contributed by atoms with Crippen molar-refractivity contribution in [2.75, 3.05) is 47.5 Å². The van der Waals surface area contributed by atoms with Crippen molar-refractivity contribution in [2.24, 2.45) is 0 Å². The van der Waals surface area contributed by atoms with Crippen LogP contribution in [0.25, 0.3) is 0 Å². The molecule has 0 spiro atoms. The molecule has 0 bridgehead atoms. The van der Waals surface area contributed by atoms with Gasteiger partial charge in [0.25, 0.3) is 0 Å². The molecule has 1 N–H and O–H groups in total. The number of esters is 2. The van der Waals surface area contributed by atoms with Gasteiger partial charge >= 0.3 is 19.8 Å². The summed E-state index contributed by atoms with van der Waals surface area (Å²) in [7, 11) is 1.46. The van der Waals surface area contributed by atoms with Crippen molar-refractivity contribution < 1.29 is 42.1 Å². The minimum Gasteiger partial charge on any atom is -0.462 e. The number of hydrogen-bond acceptors (Lipinski definition) is 7. The van der Waals surface area contributed by atoms with Crippen LogP contribution in [0.3, 0.4) is 0 Å². The number of hydrogen-bond donors (Lipinski definition) is 1. The number of carbonyl (C=O) groups is 2. The van der Waals surface area contributed by atoms with Crippen LogP contribution in [-0.4, -0.2) is 74.9 Å². The van der Waals surface area contributed by atoms with Gasteiger partial charge in [-0.3, -0.25) is 18.6 Å². The lowest BCUT2D eigenvalue weighted by molar-refractivity contribution is -0.870. The van der Waals surface area contributed by atoms with Crippen molar-refractivity contribution in [1.82, 2.24) is 0 Å². The molecular formula is C45H85NO8P+. The van der Waals surface area contributed by atoms with E-state index in [0.29, 0.717) is 17.4 Å². The SMILES string of the molecule is CCC/C=C\C/C=C\CCCCCCCC(=O)OC(COC(=O)CCCCCCCCC/C=C\CCCCCCCCC)COP(=O)(O)OCC[N+](C)(C)C. The predicted octanol–water partition coefficient (Wildman–Crippen LogP) is 12.5. The molecule has 2 unspecified atom stereocenters. The fraction of sp³-hybridized carbons (Fsp3) is 0.822. The first-order valence-electron chi connectivity index (χ1n) is 22.2. The number of quaternary nitrogens is 1. The molecule has 0 saturated heterocycles. The second-order valence-electron chi connectivity index (χ2n) is 16.1. The van der Waals surface area contributed by atoms with Gasteiger partial charge in [0, 0.05) is 12.8 Å². The highest BCUT2D eigenvalue weighted by molar-refractivity contribution is 7.47. The van der Waals surface area contributed by atoms with E-state index in [1.807, 2.05) is 21.1 Å². The third-order valence-corrected chi connectivity index (χ3v) is 10.4. The summed E-state index contributed by atoms with van der Waals surface area (Å²) in [6.45, 7) is 4.33. The highest BCUT2D eigenvalue weighted by Gasteiger charge is 2.27. The number of phosphoric ester groups is 1. The highest BCUT2D eigenvalue weighted by atomic mass is 31.2. The summed E-state index contributed by atoms with van der Waals surface area (Å²) < 4.78 is 34.3. The summed E-state index contributed by atoms with van der Waals surface area (Å²) in [5, 5.41) is 0. The molecule has 322 valence electrons. The van der Waals surface area contributed by atoms with Crippen LogP contribution in [0, 0.1) is 0 Å². The summed E-state index contributed by atoms with van der Waals surface area (Å²) >= 11 is 0. The quantitative estimate of drug-likeness (QED) is 0.0215. The van der Waals surface area contributed by atoms with Crippen molar-refractivity contribution in [2.45, 2.75) is 193 Å². The molecule has 0 aromatic carbocycles. The maximum absolute atomic E-state index is 12.7. The summed E-state index contributed by atoms with van der Waals surface area (Å²) in [5.41, 5.74) is 0. The van der Waals surface area contributed by atoms with E-state index < -0.39 is 26.5 Å². The summed E-state index contributed by atoms with van der Waals surface area (Å²) in [5.74, 6) is -0.819. The molecule has 0 aromatic rings. The van der Waals surface area contributed by atoms with Crippen LogP contribution in [0.1, 0.15) is 187 Å². The topological polar surface area (TPSA) is 108 Å². The van der Waals surface area contributed by atoms with Gasteiger partial charge in [-0.05, 0) is 64.2 Å². The number of unbranched alkanes of at least 4 members (excludes halogenated alkanes) is 20. The van der Waals surface area contributed by atoms with Gasteiger partial charge in [0.05, 0.1) is 27.7 Å². The van der Waals surface area contributed by atoms with Crippen molar-refractivity contribution >= 4 is 19.8 Å². The van der Waals surface area contributed by atoms with Crippen LogP contribution in [0.2, 0.25) is 0 Å². The van der Waals surface area contributed by atoms with Gasteiger partial charge < -0.3 is 18.9 Å². The predicted molar refractivity (Wildman–Crippen MR) is 229 cm³/mol. The van der Waals surface area contributed by atoms with Crippen LogP contribution in [0.15, 0.2) is 36.5 Å². The van der Waals surface area contributed by atoms with Gasteiger partial charge in [-0.25, -0.2) is 4.57 Å². The Morgan fingerprint density at radius 2 is 1.02 bits per heavy atom. The minimum absolute atomic E-state index is 0.0279. The fourth-order valence-electron chi connectivity index (χ4n) is 5.87. The van der Waals surface area contributed by atoms with E-state index in [1.54, 1.807) is 0 Å². The molecule has 0 heterocycles. The number of ether oxygens (including phenoxy) is 2. The Bertz CT molecular complexity index is 1040. The van der Waals surface area contributed by atoms with E-state index >= 15 is 0 Å². The van der Waals surface area contributed by atoms with Crippen LogP contribution in [0.5, 0.6) is 0 Å². The Morgan fingerprint density at radius 1 is 0.564 bits per heavy atom. The van der Waals surface area contributed by atoms with Crippen molar-refractivity contribution in [3.8, 4) is 0 Å². The Kier molecular flexibility index (Phi) is 36.6. The van der Waals surface area contributed by atoms with Gasteiger partial charge in [0.1, 0.15) is 19.8 Å². The zero-order valence-corrected chi connectivity index (χ0v) is 37.1. The molecule has 0 amide bonds. The monoisotopic (exact) mass is 799 g/mol. The lowest BCUT2D eigenvalue weighted by Crippen LogP contribution is -2.37. The number of carbonyl (C=O) groups excluding carboxylic acids is 2. The number of rotatable bonds is 40. The van der Waals surface area contributed by atoms with Gasteiger partial charge in [-0.15, -0.1) is 0 Å². The molecule has 10 heteroatoms. The largest absolute Gasteiger partial charge is 0.472 e. The average Bonchev–Trinajstić information content (AvgIpc) is 3.13. The second kappa shape index (κ2) is 37.8. The van der Waals surface area contributed by atoms with E-state index in [2.05, 4.69) is 50.3 Å². The van der Waals surface area contributed by atoms with Crippen molar-refractivity contribution in [3.63, 3.8) is 0 Å². The number of phosphoric acid groups is 1.